The summed E-state index contributed by atoms with van der Waals surface area (Å²) in [4.78, 5) is 7.91. The van der Waals surface area contributed by atoms with Crippen LogP contribution in [0.5, 0.6) is 0 Å². The van der Waals surface area contributed by atoms with E-state index in [0.717, 1.165) is 24.6 Å². The van der Waals surface area contributed by atoms with Crippen LogP contribution in [0.4, 0.5) is 11.5 Å². The number of allylic oxidation sites excluding steroid dienone is 3. The first-order valence-corrected chi connectivity index (χ1v) is 14.2. The van der Waals surface area contributed by atoms with Gasteiger partial charge in [-0.3, -0.25) is 4.57 Å². The van der Waals surface area contributed by atoms with Crippen LogP contribution in [0.15, 0.2) is 127 Å². The molecule has 0 fully saturated rings. The highest BCUT2D eigenvalue weighted by atomic mass is 32.1. The molecule has 0 bridgehead atoms. The van der Waals surface area contributed by atoms with E-state index in [4.69, 9.17) is 4.98 Å². The maximum absolute atomic E-state index is 5.51. The molecule has 3 aromatic heterocycles. The van der Waals surface area contributed by atoms with Gasteiger partial charge in [-0.25, -0.2) is 4.98 Å². The van der Waals surface area contributed by atoms with Gasteiger partial charge in [-0.1, -0.05) is 97.1 Å². The number of rotatable bonds is 2. The summed E-state index contributed by atoms with van der Waals surface area (Å²) in [6.07, 6.45) is 9.65. The maximum atomic E-state index is 5.51. The molecule has 186 valence electrons. The van der Waals surface area contributed by atoms with Crippen molar-refractivity contribution in [3.05, 3.63) is 133 Å². The predicted molar refractivity (Wildman–Crippen MR) is 167 cm³/mol. The van der Waals surface area contributed by atoms with Crippen LogP contribution in [0.25, 0.3) is 47.8 Å². The Hall–Kier alpha value is -4.67. The Bertz CT molecular complexity index is 2040. The summed E-state index contributed by atoms with van der Waals surface area (Å²) in [7, 11) is 0. The summed E-state index contributed by atoms with van der Waals surface area (Å²) in [6, 6.07) is 37.1. The summed E-state index contributed by atoms with van der Waals surface area (Å²) in [5.41, 5.74) is 4.85. The van der Waals surface area contributed by atoms with Gasteiger partial charge in [-0.15, -0.1) is 11.3 Å². The Morgan fingerprint density at radius 1 is 0.641 bits per heavy atom. The molecule has 0 N–H and O–H groups in total. The van der Waals surface area contributed by atoms with Gasteiger partial charge in [0.25, 0.3) is 0 Å². The molecular formula is C35H25N3S. The number of hydrogen-bond acceptors (Lipinski definition) is 3. The topological polar surface area (TPSA) is 21.1 Å². The fraction of sp³-hybridized carbons (Fsp3) is 0.0571. The van der Waals surface area contributed by atoms with E-state index in [-0.39, 0.29) is 0 Å². The molecule has 39 heavy (non-hydrogen) atoms. The lowest BCUT2D eigenvalue weighted by atomic mass is 10.1. The van der Waals surface area contributed by atoms with E-state index in [0.29, 0.717) is 0 Å². The average molecular weight is 520 g/mol. The molecule has 0 spiro atoms. The van der Waals surface area contributed by atoms with Crippen LogP contribution in [0, 0.1) is 0 Å². The molecule has 4 heterocycles. The molecule has 0 radical (unpaired) electrons. The van der Waals surface area contributed by atoms with E-state index in [9.17, 15) is 0 Å². The fourth-order valence-corrected chi connectivity index (χ4v) is 7.11. The predicted octanol–water partition coefficient (Wildman–Crippen LogP) is 9.35. The van der Waals surface area contributed by atoms with Gasteiger partial charge < -0.3 is 4.90 Å². The van der Waals surface area contributed by atoms with E-state index >= 15 is 0 Å². The lowest BCUT2D eigenvalue weighted by Crippen LogP contribution is -2.20. The SMILES string of the molecule is C1=CCc2ccccc2N(c2nc(-n3c4ccccc4c4ccccc43)cc3c2sc2ccccc23)CC=C1. The molecule has 4 heteroatoms. The van der Waals surface area contributed by atoms with Crippen molar-refractivity contribution in [1.29, 1.82) is 0 Å². The zero-order valence-electron chi connectivity index (χ0n) is 21.3. The first kappa shape index (κ1) is 22.3. The van der Waals surface area contributed by atoms with Crippen molar-refractivity contribution in [1.82, 2.24) is 9.55 Å². The van der Waals surface area contributed by atoms with E-state index in [1.54, 1.807) is 0 Å². The maximum Gasteiger partial charge on any atom is 0.153 e. The zero-order chi connectivity index (χ0) is 25.8. The highest BCUT2D eigenvalue weighted by Gasteiger charge is 2.22. The van der Waals surface area contributed by atoms with E-state index in [2.05, 4.69) is 137 Å². The van der Waals surface area contributed by atoms with Crippen molar-refractivity contribution < 1.29 is 0 Å². The summed E-state index contributed by atoms with van der Waals surface area (Å²) >= 11 is 1.83. The number of benzene rings is 4. The first-order chi connectivity index (χ1) is 19.4. The molecule has 0 saturated carbocycles. The summed E-state index contributed by atoms with van der Waals surface area (Å²) in [6.45, 7) is 0.744. The van der Waals surface area contributed by atoms with Crippen LogP contribution in [-0.4, -0.2) is 16.1 Å². The van der Waals surface area contributed by atoms with Crippen molar-refractivity contribution in [2.75, 3.05) is 11.4 Å². The van der Waals surface area contributed by atoms with Crippen molar-refractivity contribution in [2.45, 2.75) is 6.42 Å². The monoisotopic (exact) mass is 519 g/mol. The van der Waals surface area contributed by atoms with Gasteiger partial charge in [0, 0.05) is 38.5 Å². The number of anilines is 2. The molecule has 0 unspecified atom stereocenters. The summed E-state index contributed by atoms with van der Waals surface area (Å²) in [5, 5.41) is 5.01. The summed E-state index contributed by atoms with van der Waals surface area (Å²) in [5.74, 6) is 1.95. The third-order valence-corrected chi connectivity index (χ3v) is 8.87. The summed E-state index contributed by atoms with van der Waals surface area (Å²) < 4.78 is 4.83. The minimum Gasteiger partial charge on any atom is -0.321 e. The van der Waals surface area contributed by atoms with Crippen molar-refractivity contribution >= 4 is 64.8 Å². The number of hydrogen-bond donors (Lipinski definition) is 0. The molecule has 1 aliphatic heterocycles. The molecule has 7 aromatic rings. The van der Waals surface area contributed by atoms with Gasteiger partial charge in [0.1, 0.15) is 5.82 Å². The molecule has 0 amide bonds. The van der Waals surface area contributed by atoms with Gasteiger partial charge in [-0.05, 0) is 42.3 Å². The van der Waals surface area contributed by atoms with Gasteiger partial charge in [0.05, 0.1) is 15.7 Å². The molecule has 8 rings (SSSR count). The van der Waals surface area contributed by atoms with Crippen molar-refractivity contribution in [2.24, 2.45) is 0 Å². The van der Waals surface area contributed by atoms with Crippen LogP contribution in [0.1, 0.15) is 5.56 Å². The smallest absolute Gasteiger partial charge is 0.153 e. The Labute approximate surface area is 230 Å². The quantitative estimate of drug-likeness (QED) is 0.227. The fourth-order valence-electron chi connectivity index (χ4n) is 5.93. The normalized spacial score (nSPS) is 13.7. The van der Waals surface area contributed by atoms with Crippen LogP contribution in [-0.2, 0) is 6.42 Å². The lowest BCUT2D eigenvalue weighted by Gasteiger charge is -2.26. The van der Waals surface area contributed by atoms with E-state index in [1.807, 2.05) is 11.3 Å². The van der Waals surface area contributed by atoms with Gasteiger partial charge in [-0.2, -0.15) is 0 Å². The molecule has 4 aromatic carbocycles. The number of para-hydroxylation sites is 3. The third kappa shape index (κ3) is 3.53. The van der Waals surface area contributed by atoms with E-state index in [1.165, 1.54) is 53.2 Å². The molecule has 3 nitrogen and oxygen atoms in total. The second kappa shape index (κ2) is 8.97. The number of pyridine rings is 1. The highest BCUT2D eigenvalue weighted by molar-refractivity contribution is 7.26. The van der Waals surface area contributed by atoms with Gasteiger partial charge in [0.15, 0.2) is 5.82 Å². The minimum atomic E-state index is 0.744. The third-order valence-electron chi connectivity index (χ3n) is 7.69. The molecule has 0 atom stereocenters. The van der Waals surface area contributed by atoms with Gasteiger partial charge in [0.2, 0.25) is 0 Å². The van der Waals surface area contributed by atoms with Gasteiger partial charge >= 0.3 is 0 Å². The number of thiophene rings is 1. The van der Waals surface area contributed by atoms with Crippen LogP contribution >= 0.6 is 11.3 Å². The lowest BCUT2D eigenvalue weighted by molar-refractivity contribution is 1.01. The Balaban J connectivity index is 1.49. The largest absolute Gasteiger partial charge is 0.321 e. The molecule has 0 saturated heterocycles. The van der Waals surface area contributed by atoms with Crippen molar-refractivity contribution in [3.8, 4) is 5.82 Å². The Kier molecular flexibility index (Phi) is 5.13. The van der Waals surface area contributed by atoms with Crippen LogP contribution < -0.4 is 4.90 Å². The second-order valence-electron chi connectivity index (χ2n) is 9.95. The minimum absolute atomic E-state index is 0.744. The Morgan fingerprint density at radius 2 is 1.31 bits per heavy atom. The number of aromatic nitrogens is 2. The van der Waals surface area contributed by atoms with E-state index < -0.39 is 0 Å². The highest BCUT2D eigenvalue weighted by Crippen LogP contribution is 2.43. The van der Waals surface area contributed by atoms with Crippen molar-refractivity contribution in [3.63, 3.8) is 0 Å². The first-order valence-electron chi connectivity index (χ1n) is 13.3. The average Bonchev–Trinajstić information content (AvgIpc) is 3.55. The number of nitrogens with zero attached hydrogens (tertiary/aromatic N) is 3. The number of fused-ring (bicyclic) bond motifs is 7. The standard InChI is InChI=1S/C35H25N3S/c1-2-12-22-37(29-18-8-4-14-24(29)13-3-1)35-34-28(27-17-7-11-21-32(27)39-34)23-33(36-35)38-30-19-9-5-15-25(30)26-16-6-10-20-31(26)38/h1-12,14-21,23H,13,22H2. The Morgan fingerprint density at radius 3 is 2.13 bits per heavy atom. The van der Waals surface area contributed by atoms with Crippen LogP contribution in [0.3, 0.4) is 0 Å². The molecular weight excluding hydrogens is 494 g/mol. The zero-order valence-corrected chi connectivity index (χ0v) is 22.1. The molecule has 0 aliphatic carbocycles. The molecule has 1 aliphatic rings. The second-order valence-corrected chi connectivity index (χ2v) is 11.0. The van der Waals surface area contributed by atoms with Crippen LogP contribution in [0.2, 0.25) is 0 Å².